The minimum atomic E-state index is -0.471. The highest BCUT2D eigenvalue weighted by molar-refractivity contribution is 9.10. The standard InChI is InChI=1S/C21H24BrNO2/c22-19-11-9-17(10-12-19)5-4-8-20(24)25-21(13-15-23-16-14-21)18-6-2-1-3-7-18/h1-3,6-7,9-12,23H,4-5,8,13-16H2. The van der Waals surface area contributed by atoms with E-state index in [4.69, 9.17) is 4.74 Å². The van der Waals surface area contributed by atoms with Gasteiger partial charge in [0.25, 0.3) is 0 Å². The van der Waals surface area contributed by atoms with E-state index in [2.05, 4.69) is 45.5 Å². The van der Waals surface area contributed by atoms with Crippen molar-refractivity contribution < 1.29 is 9.53 Å². The maximum atomic E-state index is 12.5. The molecule has 1 aliphatic heterocycles. The maximum absolute atomic E-state index is 12.5. The van der Waals surface area contributed by atoms with E-state index in [0.29, 0.717) is 6.42 Å². The van der Waals surface area contributed by atoms with Gasteiger partial charge in [-0.05, 0) is 49.2 Å². The Morgan fingerprint density at radius 1 is 1.04 bits per heavy atom. The molecular formula is C21H24BrNO2. The lowest BCUT2D eigenvalue weighted by Crippen LogP contribution is -2.43. The zero-order valence-electron chi connectivity index (χ0n) is 14.3. The lowest BCUT2D eigenvalue weighted by molar-refractivity contribution is -0.164. The van der Waals surface area contributed by atoms with Crippen LogP contribution in [0.3, 0.4) is 0 Å². The number of hydrogen-bond donors (Lipinski definition) is 1. The second-order valence-corrected chi connectivity index (χ2v) is 7.48. The Bertz CT molecular complexity index is 679. The minimum absolute atomic E-state index is 0.0946. The molecule has 0 aromatic heterocycles. The van der Waals surface area contributed by atoms with Gasteiger partial charge in [0.15, 0.2) is 0 Å². The van der Waals surface area contributed by atoms with E-state index in [1.165, 1.54) is 5.56 Å². The zero-order chi connectivity index (χ0) is 17.5. The number of benzene rings is 2. The van der Waals surface area contributed by atoms with Crippen molar-refractivity contribution in [2.45, 2.75) is 37.7 Å². The Kier molecular flexibility index (Phi) is 6.27. The molecule has 3 nitrogen and oxygen atoms in total. The number of ether oxygens (including phenoxy) is 1. The Labute approximate surface area is 157 Å². The molecule has 1 aliphatic rings. The number of rotatable bonds is 6. The van der Waals surface area contributed by atoms with E-state index in [9.17, 15) is 4.79 Å². The first-order valence-corrected chi connectivity index (χ1v) is 9.70. The molecule has 2 aromatic rings. The van der Waals surface area contributed by atoms with Crippen molar-refractivity contribution in [1.82, 2.24) is 5.32 Å². The molecule has 0 spiro atoms. The summed E-state index contributed by atoms with van der Waals surface area (Å²) in [7, 11) is 0. The second-order valence-electron chi connectivity index (χ2n) is 6.56. The highest BCUT2D eigenvalue weighted by Gasteiger charge is 2.37. The van der Waals surface area contributed by atoms with Gasteiger partial charge in [0.05, 0.1) is 0 Å². The van der Waals surface area contributed by atoms with E-state index in [0.717, 1.165) is 48.8 Å². The summed E-state index contributed by atoms with van der Waals surface area (Å²) in [4.78, 5) is 12.5. The Morgan fingerprint density at radius 2 is 1.72 bits per heavy atom. The van der Waals surface area contributed by atoms with Crippen LogP contribution < -0.4 is 5.32 Å². The summed E-state index contributed by atoms with van der Waals surface area (Å²) in [5, 5.41) is 3.36. The van der Waals surface area contributed by atoms with Gasteiger partial charge in [0.1, 0.15) is 5.60 Å². The molecule has 132 valence electrons. The Balaban J connectivity index is 1.58. The van der Waals surface area contributed by atoms with Gasteiger partial charge in [-0.2, -0.15) is 0 Å². The van der Waals surface area contributed by atoms with Gasteiger partial charge < -0.3 is 10.1 Å². The summed E-state index contributed by atoms with van der Waals surface area (Å²) in [5.41, 5.74) is 1.88. The molecule has 1 saturated heterocycles. The van der Waals surface area contributed by atoms with E-state index < -0.39 is 5.60 Å². The summed E-state index contributed by atoms with van der Waals surface area (Å²) in [6, 6.07) is 18.4. The first kappa shape index (κ1) is 18.2. The van der Waals surface area contributed by atoms with E-state index in [1.807, 2.05) is 30.3 Å². The predicted molar refractivity (Wildman–Crippen MR) is 103 cm³/mol. The van der Waals surface area contributed by atoms with Crippen molar-refractivity contribution in [2.75, 3.05) is 13.1 Å². The van der Waals surface area contributed by atoms with E-state index in [1.54, 1.807) is 0 Å². The van der Waals surface area contributed by atoms with Crippen molar-refractivity contribution in [3.63, 3.8) is 0 Å². The molecule has 0 amide bonds. The van der Waals surface area contributed by atoms with Crippen LogP contribution in [-0.2, 0) is 21.6 Å². The molecule has 0 aliphatic carbocycles. The van der Waals surface area contributed by atoms with Crippen LogP contribution in [0, 0.1) is 0 Å². The Morgan fingerprint density at radius 3 is 2.40 bits per heavy atom. The van der Waals surface area contributed by atoms with Crippen molar-refractivity contribution in [3.05, 3.63) is 70.2 Å². The van der Waals surface area contributed by atoms with Crippen molar-refractivity contribution in [3.8, 4) is 0 Å². The normalized spacial score (nSPS) is 16.4. The number of esters is 1. The zero-order valence-corrected chi connectivity index (χ0v) is 15.9. The number of halogens is 1. The molecule has 0 atom stereocenters. The molecule has 0 bridgehead atoms. The summed E-state index contributed by atoms with van der Waals surface area (Å²) in [5.74, 6) is -0.0946. The number of carbonyl (C=O) groups excluding carboxylic acids is 1. The Hall–Kier alpha value is -1.65. The van der Waals surface area contributed by atoms with Crippen molar-refractivity contribution >= 4 is 21.9 Å². The molecule has 25 heavy (non-hydrogen) atoms. The molecule has 0 saturated carbocycles. The quantitative estimate of drug-likeness (QED) is 0.719. The maximum Gasteiger partial charge on any atom is 0.306 e. The number of hydrogen-bond acceptors (Lipinski definition) is 3. The molecular weight excluding hydrogens is 378 g/mol. The fourth-order valence-corrected chi connectivity index (χ4v) is 3.64. The lowest BCUT2D eigenvalue weighted by Gasteiger charge is -2.37. The third-order valence-electron chi connectivity index (χ3n) is 4.78. The monoisotopic (exact) mass is 401 g/mol. The molecule has 1 N–H and O–H groups in total. The van der Waals surface area contributed by atoms with E-state index >= 15 is 0 Å². The van der Waals surface area contributed by atoms with Crippen LogP contribution >= 0.6 is 15.9 Å². The molecule has 0 unspecified atom stereocenters. The van der Waals surface area contributed by atoms with Crippen LogP contribution in [0.15, 0.2) is 59.1 Å². The topological polar surface area (TPSA) is 38.3 Å². The minimum Gasteiger partial charge on any atom is -0.454 e. The second kappa shape index (κ2) is 8.63. The van der Waals surface area contributed by atoms with Gasteiger partial charge >= 0.3 is 5.97 Å². The van der Waals surface area contributed by atoms with Gasteiger partial charge in [0.2, 0.25) is 0 Å². The van der Waals surface area contributed by atoms with Crippen LogP contribution in [0.4, 0.5) is 0 Å². The van der Waals surface area contributed by atoms with Crippen LogP contribution in [0.5, 0.6) is 0 Å². The largest absolute Gasteiger partial charge is 0.454 e. The summed E-state index contributed by atoms with van der Waals surface area (Å²) in [6.07, 6.45) is 3.81. The highest BCUT2D eigenvalue weighted by Crippen LogP contribution is 2.35. The van der Waals surface area contributed by atoms with Gasteiger partial charge in [-0.25, -0.2) is 0 Å². The first-order valence-electron chi connectivity index (χ1n) is 8.90. The van der Waals surface area contributed by atoms with Crippen molar-refractivity contribution in [2.24, 2.45) is 0 Å². The number of nitrogens with one attached hydrogen (secondary N) is 1. The lowest BCUT2D eigenvalue weighted by atomic mass is 9.84. The van der Waals surface area contributed by atoms with Gasteiger partial charge in [-0.15, -0.1) is 0 Å². The van der Waals surface area contributed by atoms with E-state index in [-0.39, 0.29) is 5.97 Å². The fourth-order valence-electron chi connectivity index (χ4n) is 3.38. The molecule has 0 radical (unpaired) electrons. The van der Waals surface area contributed by atoms with Crippen LogP contribution in [0.2, 0.25) is 0 Å². The van der Waals surface area contributed by atoms with Gasteiger partial charge in [-0.3, -0.25) is 4.79 Å². The average molecular weight is 402 g/mol. The number of aryl methyl sites for hydroxylation is 1. The van der Waals surface area contributed by atoms with Gasteiger partial charge in [0, 0.05) is 23.7 Å². The average Bonchev–Trinajstić information content (AvgIpc) is 2.65. The third-order valence-corrected chi connectivity index (χ3v) is 5.31. The highest BCUT2D eigenvalue weighted by atomic mass is 79.9. The van der Waals surface area contributed by atoms with Gasteiger partial charge in [-0.1, -0.05) is 58.4 Å². The summed E-state index contributed by atoms with van der Waals surface area (Å²) < 4.78 is 7.11. The third kappa shape index (κ3) is 4.93. The molecule has 1 heterocycles. The first-order chi connectivity index (χ1) is 12.2. The number of piperidine rings is 1. The van der Waals surface area contributed by atoms with Crippen LogP contribution in [-0.4, -0.2) is 19.1 Å². The molecule has 3 rings (SSSR count). The molecule has 2 aromatic carbocycles. The summed E-state index contributed by atoms with van der Waals surface area (Å²) >= 11 is 3.44. The van der Waals surface area contributed by atoms with Crippen molar-refractivity contribution in [1.29, 1.82) is 0 Å². The number of carbonyl (C=O) groups is 1. The SMILES string of the molecule is O=C(CCCc1ccc(Br)cc1)OC1(c2ccccc2)CCNCC1. The molecule has 1 fully saturated rings. The van der Waals surface area contributed by atoms with Crippen LogP contribution in [0.1, 0.15) is 36.8 Å². The smallest absolute Gasteiger partial charge is 0.306 e. The van der Waals surface area contributed by atoms with Crippen LogP contribution in [0.25, 0.3) is 0 Å². The fraction of sp³-hybridized carbons (Fsp3) is 0.381. The summed E-state index contributed by atoms with van der Waals surface area (Å²) in [6.45, 7) is 1.75. The molecule has 4 heteroatoms. The predicted octanol–water partition coefficient (Wildman–Crippen LogP) is 4.59.